The van der Waals surface area contributed by atoms with Crippen LogP contribution in [0.2, 0.25) is 0 Å². The van der Waals surface area contributed by atoms with Crippen molar-refractivity contribution in [3.8, 4) is 0 Å². The van der Waals surface area contributed by atoms with Crippen LogP contribution < -0.4 is 10.6 Å². The van der Waals surface area contributed by atoms with Crippen molar-refractivity contribution in [2.75, 3.05) is 44.9 Å². The number of halogens is 1. The predicted octanol–water partition coefficient (Wildman–Crippen LogP) is 2.19. The molecule has 0 heterocycles. The van der Waals surface area contributed by atoms with Crippen molar-refractivity contribution in [3.05, 3.63) is 0 Å². The van der Waals surface area contributed by atoms with Gasteiger partial charge < -0.3 is 15.4 Å². The molecule has 0 radical (unpaired) electrons. The summed E-state index contributed by atoms with van der Waals surface area (Å²) in [4.78, 5) is 4.71. The number of aliphatic imine (C=N–C) groups is 1. The minimum Gasteiger partial charge on any atom is -0.382 e. The van der Waals surface area contributed by atoms with Crippen LogP contribution in [-0.4, -0.2) is 59.2 Å². The number of ether oxygens (including phenoxy) is 1. The maximum Gasteiger partial charge on any atom is 0.191 e. The average molecular weight is 475 g/mol. The summed E-state index contributed by atoms with van der Waals surface area (Å²) < 4.78 is 28.0. The molecular weight excluding hydrogens is 441 g/mol. The van der Waals surface area contributed by atoms with Gasteiger partial charge in [-0.15, -0.1) is 24.0 Å². The molecule has 8 heteroatoms. The van der Waals surface area contributed by atoms with Crippen molar-refractivity contribution >= 4 is 39.8 Å². The molecule has 0 unspecified atom stereocenters. The maximum atomic E-state index is 11.2. The van der Waals surface area contributed by atoms with Crippen molar-refractivity contribution in [2.45, 2.75) is 46.0 Å². The molecule has 6 nitrogen and oxygen atoms in total. The minimum atomic E-state index is -2.95. The molecule has 144 valence electrons. The highest BCUT2D eigenvalue weighted by atomic mass is 127. The molecule has 1 saturated carbocycles. The molecule has 24 heavy (non-hydrogen) atoms. The third-order valence-electron chi connectivity index (χ3n) is 4.33. The summed E-state index contributed by atoms with van der Waals surface area (Å²) in [5.41, 5.74) is 0.244. The zero-order chi connectivity index (χ0) is 17.2. The Balaban J connectivity index is 0.00000529. The number of hydrogen-bond donors (Lipinski definition) is 2. The van der Waals surface area contributed by atoms with Gasteiger partial charge in [-0.25, -0.2) is 8.42 Å². The Labute approximate surface area is 164 Å². The molecule has 1 aliphatic carbocycles. The Kier molecular flexibility index (Phi) is 12.2. The Morgan fingerprint density at radius 2 is 1.88 bits per heavy atom. The van der Waals surface area contributed by atoms with Gasteiger partial charge >= 0.3 is 0 Å². The molecule has 0 aromatic heterocycles. The second kappa shape index (κ2) is 12.3. The van der Waals surface area contributed by atoms with Crippen LogP contribution in [0.1, 0.15) is 46.0 Å². The lowest BCUT2D eigenvalue weighted by molar-refractivity contribution is 0.107. The van der Waals surface area contributed by atoms with Crippen molar-refractivity contribution in [1.82, 2.24) is 10.6 Å². The summed E-state index contributed by atoms with van der Waals surface area (Å²) in [6.45, 7) is 7.50. The molecular formula is C16H34IN3O3S. The summed E-state index contributed by atoms with van der Waals surface area (Å²) in [5.74, 6) is 0.825. The second-order valence-corrected chi connectivity index (χ2v) is 8.67. The third kappa shape index (κ3) is 10.0. The van der Waals surface area contributed by atoms with Crippen LogP contribution in [0.4, 0.5) is 0 Å². The zero-order valence-corrected chi connectivity index (χ0v) is 18.4. The van der Waals surface area contributed by atoms with E-state index in [2.05, 4.69) is 10.6 Å². The third-order valence-corrected chi connectivity index (χ3v) is 5.27. The number of hydrogen-bond acceptors (Lipinski definition) is 4. The highest BCUT2D eigenvalue weighted by Gasteiger charge is 2.33. The minimum absolute atomic E-state index is 0. The normalized spacial score (nSPS) is 17.4. The van der Waals surface area contributed by atoms with Crippen LogP contribution >= 0.6 is 24.0 Å². The predicted molar refractivity (Wildman–Crippen MR) is 111 cm³/mol. The van der Waals surface area contributed by atoms with Gasteiger partial charge in [0.25, 0.3) is 0 Å². The number of nitrogens with zero attached hydrogens (tertiary/aromatic N) is 1. The fraction of sp³-hybridized carbons (Fsp3) is 0.938. The number of guanidine groups is 1. The van der Waals surface area contributed by atoms with E-state index < -0.39 is 9.84 Å². The fourth-order valence-electron chi connectivity index (χ4n) is 2.99. The maximum absolute atomic E-state index is 11.2. The first-order chi connectivity index (χ1) is 10.9. The van der Waals surface area contributed by atoms with E-state index in [1.807, 2.05) is 13.8 Å². The van der Waals surface area contributed by atoms with Gasteiger partial charge in [0, 0.05) is 39.1 Å². The highest BCUT2D eigenvalue weighted by molar-refractivity contribution is 14.0. The molecule has 0 aromatic carbocycles. The van der Waals surface area contributed by atoms with Crippen LogP contribution in [-0.2, 0) is 14.6 Å². The Morgan fingerprint density at radius 3 is 2.42 bits per heavy atom. The first kappa shape index (κ1) is 23.9. The lowest BCUT2D eigenvalue weighted by atomic mass is 9.83. The first-order valence-electron chi connectivity index (χ1n) is 8.68. The SMILES string of the molecule is CCNC(=NCC1(CCOCC)CCCC1)NCCS(C)(=O)=O.I. The number of nitrogens with one attached hydrogen (secondary N) is 2. The van der Waals surface area contributed by atoms with Crippen molar-refractivity contribution < 1.29 is 13.2 Å². The first-order valence-corrected chi connectivity index (χ1v) is 10.7. The van der Waals surface area contributed by atoms with Gasteiger partial charge in [0.1, 0.15) is 9.84 Å². The summed E-state index contributed by atoms with van der Waals surface area (Å²) in [6.07, 6.45) is 7.23. The zero-order valence-electron chi connectivity index (χ0n) is 15.3. The van der Waals surface area contributed by atoms with Crippen LogP contribution in [0.15, 0.2) is 4.99 Å². The van der Waals surface area contributed by atoms with Gasteiger partial charge in [0.15, 0.2) is 5.96 Å². The Morgan fingerprint density at radius 1 is 1.21 bits per heavy atom. The van der Waals surface area contributed by atoms with E-state index in [1.165, 1.54) is 31.9 Å². The van der Waals surface area contributed by atoms with E-state index in [0.717, 1.165) is 32.7 Å². The van der Waals surface area contributed by atoms with Crippen LogP contribution in [0.3, 0.4) is 0 Å². The van der Waals surface area contributed by atoms with Gasteiger partial charge in [0.2, 0.25) is 0 Å². The molecule has 0 bridgehead atoms. The summed E-state index contributed by atoms with van der Waals surface area (Å²) >= 11 is 0. The van der Waals surface area contributed by atoms with E-state index in [9.17, 15) is 8.42 Å². The van der Waals surface area contributed by atoms with E-state index >= 15 is 0 Å². The number of sulfone groups is 1. The number of rotatable bonds is 10. The van der Waals surface area contributed by atoms with Gasteiger partial charge in [-0.3, -0.25) is 4.99 Å². The molecule has 0 aromatic rings. The molecule has 0 spiro atoms. The van der Waals surface area contributed by atoms with E-state index in [4.69, 9.17) is 9.73 Å². The molecule has 1 fully saturated rings. The monoisotopic (exact) mass is 475 g/mol. The lowest BCUT2D eigenvalue weighted by Gasteiger charge is -2.27. The summed E-state index contributed by atoms with van der Waals surface area (Å²) in [7, 11) is -2.95. The average Bonchev–Trinajstić information content (AvgIpc) is 2.93. The van der Waals surface area contributed by atoms with Crippen LogP contribution in [0, 0.1) is 5.41 Å². The standard InChI is InChI=1S/C16H33N3O3S.HI/c1-4-17-15(18-11-13-23(3,20)21)19-14-16(8-6-7-9-16)10-12-22-5-2;/h4-14H2,1-3H3,(H2,17,18,19);1H. The van der Waals surface area contributed by atoms with E-state index in [1.54, 1.807) is 0 Å². The quantitative estimate of drug-likeness (QED) is 0.219. The molecule has 0 saturated heterocycles. The van der Waals surface area contributed by atoms with Gasteiger partial charge in [0.05, 0.1) is 5.75 Å². The van der Waals surface area contributed by atoms with Crippen LogP contribution in [0.5, 0.6) is 0 Å². The largest absolute Gasteiger partial charge is 0.382 e. The highest BCUT2D eigenvalue weighted by Crippen LogP contribution is 2.41. The fourth-order valence-corrected chi connectivity index (χ4v) is 3.46. The molecule has 2 N–H and O–H groups in total. The van der Waals surface area contributed by atoms with Crippen molar-refractivity contribution in [1.29, 1.82) is 0 Å². The topological polar surface area (TPSA) is 79.8 Å². The Bertz CT molecular complexity index is 463. The van der Waals surface area contributed by atoms with E-state index in [0.29, 0.717) is 12.5 Å². The van der Waals surface area contributed by atoms with Crippen LogP contribution in [0.25, 0.3) is 0 Å². The van der Waals surface area contributed by atoms with Crippen molar-refractivity contribution in [2.24, 2.45) is 10.4 Å². The molecule has 0 atom stereocenters. The second-order valence-electron chi connectivity index (χ2n) is 6.41. The van der Waals surface area contributed by atoms with Gasteiger partial charge in [-0.2, -0.15) is 0 Å². The van der Waals surface area contributed by atoms with E-state index in [-0.39, 0.29) is 35.1 Å². The van der Waals surface area contributed by atoms with Gasteiger partial charge in [-0.05, 0) is 38.5 Å². The van der Waals surface area contributed by atoms with Crippen molar-refractivity contribution in [3.63, 3.8) is 0 Å². The Hall–Kier alpha value is -0.0900. The summed E-state index contributed by atoms with van der Waals surface area (Å²) in [6, 6.07) is 0. The molecule has 1 aliphatic rings. The smallest absolute Gasteiger partial charge is 0.191 e. The lowest BCUT2D eigenvalue weighted by Crippen LogP contribution is -2.40. The molecule has 0 aliphatic heterocycles. The molecule has 0 amide bonds. The molecule has 1 rings (SSSR count). The van der Waals surface area contributed by atoms with Gasteiger partial charge in [-0.1, -0.05) is 12.8 Å². The summed E-state index contributed by atoms with van der Waals surface area (Å²) in [5, 5.41) is 6.30.